The molecule has 19 heavy (non-hydrogen) atoms. The second-order valence-electron chi connectivity index (χ2n) is 5.81. The second kappa shape index (κ2) is 10.1. The van der Waals surface area contributed by atoms with Crippen LogP contribution in [0.15, 0.2) is 0 Å². The van der Waals surface area contributed by atoms with Crippen LogP contribution in [0.2, 0.25) is 0 Å². The van der Waals surface area contributed by atoms with Gasteiger partial charge in [-0.2, -0.15) is 0 Å². The standard InChI is InChI=1S/C15H30BrNO2/c1-18-11-6-9-17(10-12-19-2)14-15(13-16)7-4-3-5-8-15/h3-14H2,1-2H3. The van der Waals surface area contributed by atoms with E-state index in [-0.39, 0.29) is 0 Å². The van der Waals surface area contributed by atoms with Crippen LogP contribution in [-0.2, 0) is 9.47 Å². The zero-order valence-corrected chi connectivity index (χ0v) is 14.2. The molecule has 1 fully saturated rings. The van der Waals surface area contributed by atoms with E-state index in [0.29, 0.717) is 5.41 Å². The summed E-state index contributed by atoms with van der Waals surface area (Å²) >= 11 is 3.76. The number of ether oxygens (including phenoxy) is 2. The van der Waals surface area contributed by atoms with Crippen molar-refractivity contribution in [2.75, 3.05) is 52.4 Å². The third-order valence-electron chi connectivity index (χ3n) is 4.19. The molecule has 1 aliphatic rings. The molecule has 0 unspecified atom stereocenters. The van der Waals surface area contributed by atoms with Gasteiger partial charge in [-0.15, -0.1) is 0 Å². The van der Waals surface area contributed by atoms with Gasteiger partial charge in [-0.05, 0) is 24.7 Å². The van der Waals surface area contributed by atoms with Crippen LogP contribution in [-0.4, -0.2) is 57.3 Å². The molecule has 3 nitrogen and oxygen atoms in total. The number of hydrogen-bond donors (Lipinski definition) is 0. The summed E-state index contributed by atoms with van der Waals surface area (Å²) in [5.74, 6) is 0. The van der Waals surface area contributed by atoms with Crippen molar-refractivity contribution < 1.29 is 9.47 Å². The number of halogens is 1. The van der Waals surface area contributed by atoms with Crippen LogP contribution in [0.5, 0.6) is 0 Å². The molecule has 0 aliphatic heterocycles. The molecular formula is C15H30BrNO2. The molecule has 0 radical (unpaired) electrons. The third kappa shape index (κ3) is 6.56. The molecule has 0 atom stereocenters. The van der Waals surface area contributed by atoms with E-state index in [0.717, 1.165) is 38.1 Å². The number of alkyl halides is 1. The number of nitrogens with zero attached hydrogens (tertiary/aromatic N) is 1. The van der Waals surface area contributed by atoms with Crippen molar-refractivity contribution in [1.29, 1.82) is 0 Å². The third-order valence-corrected chi connectivity index (χ3v) is 5.38. The topological polar surface area (TPSA) is 21.7 Å². The minimum absolute atomic E-state index is 0.485. The fraction of sp³-hybridized carbons (Fsp3) is 1.00. The maximum absolute atomic E-state index is 5.25. The van der Waals surface area contributed by atoms with Crippen LogP contribution >= 0.6 is 15.9 Å². The maximum Gasteiger partial charge on any atom is 0.0589 e. The summed E-state index contributed by atoms with van der Waals surface area (Å²) in [7, 11) is 3.56. The van der Waals surface area contributed by atoms with Gasteiger partial charge >= 0.3 is 0 Å². The van der Waals surface area contributed by atoms with Gasteiger partial charge in [0.15, 0.2) is 0 Å². The fourth-order valence-corrected chi connectivity index (χ4v) is 3.77. The summed E-state index contributed by atoms with van der Waals surface area (Å²) in [6.07, 6.45) is 8.04. The van der Waals surface area contributed by atoms with E-state index in [2.05, 4.69) is 20.8 Å². The van der Waals surface area contributed by atoms with Crippen molar-refractivity contribution in [3.63, 3.8) is 0 Å². The van der Waals surface area contributed by atoms with E-state index in [9.17, 15) is 0 Å². The van der Waals surface area contributed by atoms with E-state index >= 15 is 0 Å². The lowest BCUT2D eigenvalue weighted by Gasteiger charge is -2.40. The molecule has 0 bridgehead atoms. The summed E-state index contributed by atoms with van der Waals surface area (Å²) in [4.78, 5) is 2.56. The van der Waals surface area contributed by atoms with E-state index in [1.165, 1.54) is 38.6 Å². The van der Waals surface area contributed by atoms with Crippen molar-refractivity contribution in [3.05, 3.63) is 0 Å². The Morgan fingerprint density at radius 2 is 1.68 bits per heavy atom. The molecule has 0 aromatic heterocycles. The maximum atomic E-state index is 5.25. The lowest BCUT2D eigenvalue weighted by Crippen LogP contribution is -2.42. The molecule has 0 aromatic rings. The first kappa shape index (κ1) is 17.4. The van der Waals surface area contributed by atoms with Crippen LogP contribution in [0.25, 0.3) is 0 Å². The average Bonchev–Trinajstić information content (AvgIpc) is 2.46. The van der Waals surface area contributed by atoms with E-state index in [1.807, 2.05) is 0 Å². The normalized spacial score (nSPS) is 18.9. The lowest BCUT2D eigenvalue weighted by atomic mass is 9.75. The zero-order chi connectivity index (χ0) is 14.0. The Kier molecular flexibility index (Phi) is 9.29. The van der Waals surface area contributed by atoms with Gasteiger partial charge in [-0.1, -0.05) is 35.2 Å². The number of hydrogen-bond acceptors (Lipinski definition) is 3. The number of rotatable bonds is 10. The SMILES string of the molecule is COCCCN(CCOC)CC1(CBr)CCCCC1. The molecule has 1 saturated carbocycles. The summed E-state index contributed by atoms with van der Waals surface area (Å²) in [5, 5.41) is 1.13. The molecule has 4 heteroatoms. The van der Waals surface area contributed by atoms with E-state index in [1.54, 1.807) is 14.2 Å². The van der Waals surface area contributed by atoms with E-state index in [4.69, 9.17) is 9.47 Å². The molecular weight excluding hydrogens is 306 g/mol. The summed E-state index contributed by atoms with van der Waals surface area (Å²) < 4.78 is 10.4. The predicted octanol–water partition coefficient (Wildman–Crippen LogP) is 3.32. The predicted molar refractivity (Wildman–Crippen MR) is 84.1 cm³/mol. The smallest absolute Gasteiger partial charge is 0.0589 e. The van der Waals surface area contributed by atoms with Crippen LogP contribution in [0, 0.1) is 5.41 Å². The Balaban J connectivity index is 2.47. The highest BCUT2D eigenvalue weighted by molar-refractivity contribution is 9.09. The molecule has 0 spiro atoms. The van der Waals surface area contributed by atoms with Gasteiger partial charge in [0, 0.05) is 45.8 Å². The van der Waals surface area contributed by atoms with Crippen molar-refractivity contribution in [2.24, 2.45) is 5.41 Å². The van der Waals surface area contributed by atoms with Crippen LogP contribution in [0.3, 0.4) is 0 Å². The highest BCUT2D eigenvalue weighted by Gasteiger charge is 2.32. The summed E-state index contributed by atoms with van der Waals surface area (Å²) in [6.45, 7) is 5.03. The molecule has 0 N–H and O–H groups in total. The van der Waals surface area contributed by atoms with Gasteiger partial charge < -0.3 is 14.4 Å². The Bertz CT molecular complexity index is 220. The fourth-order valence-electron chi connectivity index (χ4n) is 3.03. The molecule has 0 saturated heterocycles. The Morgan fingerprint density at radius 1 is 1.00 bits per heavy atom. The van der Waals surface area contributed by atoms with E-state index < -0.39 is 0 Å². The number of methoxy groups -OCH3 is 2. The Morgan fingerprint density at radius 3 is 2.26 bits per heavy atom. The second-order valence-corrected chi connectivity index (χ2v) is 6.37. The molecule has 1 rings (SSSR count). The van der Waals surface area contributed by atoms with Crippen molar-refractivity contribution in [3.8, 4) is 0 Å². The minimum atomic E-state index is 0.485. The first-order valence-corrected chi connectivity index (χ1v) is 8.65. The molecule has 0 amide bonds. The first-order chi connectivity index (χ1) is 9.26. The average molecular weight is 336 g/mol. The van der Waals surface area contributed by atoms with Crippen LogP contribution in [0.4, 0.5) is 0 Å². The van der Waals surface area contributed by atoms with Gasteiger partial charge in [0.05, 0.1) is 6.61 Å². The lowest BCUT2D eigenvalue weighted by molar-refractivity contribution is 0.0856. The largest absolute Gasteiger partial charge is 0.385 e. The van der Waals surface area contributed by atoms with Gasteiger partial charge in [-0.3, -0.25) is 0 Å². The molecule has 1 aliphatic carbocycles. The highest BCUT2D eigenvalue weighted by atomic mass is 79.9. The van der Waals surface area contributed by atoms with Crippen LogP contribution < -0.4 is 0 Å². The molecule has 114 valence electrons. The summed E-state index contributed by atoms with van der Waals surface area (Å²) in [6, 6.07) is 0. The minimum Gasteiger partial charge on any atom is -0.385 e. The Hall–Kier alpha value is 0.360. The van der Waals surface area contributed by atoms with Crippen molar-refractivity contribution in [1.82, 2.24) is 4.90 Å². The summed E-state index contributed by atoms with van der Waals surface area (Å²) in [5.41, 5.74) is 0.485. The van der Waals surface area contributed by atoms with Crippen LogP contribution in [0.1, 0.15) is 38.5 Å². The zero-order valence-electron chi connectivity index (χ0n) is 12.6. The Labute approximate surface area is 127 Å². The van der Waals surface area contributed by atoms with Crippen molar-refractivity contribution >= 4 is 15.9 Å². The van der Waals surface area contributed by atoms with Gasteiger partial charge in [0.25, 0.3) is 0 Å². The first-order valence-electron chi connectivity index (χ1n) is 7.52. The quantitative estimate of drug-likeness (QED) is 0.451. The van der Waals surface area contributed by atoms with Crippen molar-refractivity contribution in [2.45, 2.75) is 38.5 Å². The van der Waals surface area contributed by atoms with Gasteiger partial charge in [0.1, 0.15) is 0 Å². The monoisotopic (exact) mass is 335 g/mol. The van der Waals surface area contributed by atoms with Gasteiger partial charge in [-0.25, -0.2) is 0 Å². The molecule has 0 aromatic carbocycles. The molecule has 0 heterocycles. The van der Waals surface area contributed by atoms with Gasteiger partial charge in [0.2, 0.25) is 0 Å². The highest BCUT2D eigenvalue weighted by Crippen LogP contribution is 2.38.